The first-order valence-electron chi connectivity index (χ1n) is 7.59. The Morgan fingerprint density at radius 3 is 2.80 bits per heavy atom. The van der Waals surface area contributed by atoms with Crippen LogP contribution in [0.2, 0.25) is 0 Å². The van der Waals surface area contributed by atoms with Crippen LogP contribution in [0.3, 0.4) is 0 Å². The Morgan fingerprint density at radius 1 is 1.35 bits per heavy atom. The van der Waals surface area contributed by atoms with Gasteiger partial charge < -0.3 is 5.32 Å². The number of hydrogen-bond acceptors (Lipinski definition) is 3. The van der Waals surface area contributed by atoms with Crippen molar-refractivity contribution in [3.63, 3.8) is 0 Å². The van der Waals surface area contributed by atoms with Crippen LogP contribution in [-0.2, 0) is 6.42 Å². The van der Waals surface area contributed by atoms with Gasteiger partial charge in [-0.1, -0.05) is 31.9 Å². The zero-order chi connectivity index (χ0) is 14.5. The lowest BCUT2D eigenvalue weighted by Gasteiger charge is -2.32. The standard InChI is InChI=1S/C16H24N2O2/c1-3-17-15-9-5-4-7-14(15)11-13-8-6-10-16(12(13)2)18(19)20/h6,8,10,14-15,17H,3-5,7,9,11H2,1-2H3. The van der Waals surface area contributed by atoms with E-state index < -0.39 is 0 Å². The van der Waals surface area contributed by atoms with Crippen molar-refractivity contribution in [3.05, 3.63) is 39.4 Å². The molecule has 4 heteroatoms. The summed E-state index contributed by atoms with van der Waals surface area (Å²) in [4.78, 5) is 10.7. The van der Waals surface area contributed by atoms with Gasteiger partial charge in [0, 0.05) is 17.7 Å². The molecule has 1 aromatic carbocycles. The zero-order valence-corrected chi connectivity index (χ0v) is 12.4. The van der Waals surface area contributed by atoms with Crippen LogP contribution in [-0.4, -0.2) is 17.5 Å². The molecule has 0 aromatic heterocycles. The minimum atomic E-state index is -0.276. The third-order valence-electron chi connectivity index (χ3n) is 4.47. The van der Waals surface area contributed by atoms with E-state index in [2.05, 4.69) is 12.2 Å². The van der Waals surface area contributed by atoms with Crippen LogP contribution in [0.1, 0.15) is 43.7 Å². The Morgan fingerprint density at radius 2 is 2.10 bits per heavy atom. The minimum absolute atomic E-state index is 0.248. The van der Waals surface area contributed by atoms with Crippen LogP contribution in [0.4, 0.5) is 5.69 Å². The molecule has 0 aliphatic heterocycles. The van der Waals surface area contributed by atoms with Crippen molar-refractivity contribution in [2.45, 2.75) is 52.0 Å². The maximum atomic E-state index is 11.0. The van der Waals surface area contributed by atoms with Crippen LogP contribution >= 0.6 is 0 Å². The van der Waals surface area contributed by atoms with Gasteiger partial charge in [-0.05, 0) is 44.2 Å². The normalized spacial score (nSPS) is 22.7. The summed E-state index contributed by atoms with van der Waals surface area (Å²) in [6, 6.07) is 6.01. The molecule has 110 valence electrons. The Balaban J connectivity index is 2.16. The van der Waals surface area contributed by atoms with Gasteiger partial charge in [0.15, 0.2) is 0 Å². The molecule has 0 bridgehead atoms. The average Bonchev–Trinajstić information content (AvgIpc) is 2.43. The Hall–Kier alpha value is -1.42. The van der Waals surface area contributed by atoms with E-state index in [1.165, 1.54) is 25.7 Å². The fourth-order valence-electron chi connectivity index (χ4n) is 3.35. The van der Waals surface area contributed by atoms with E-state index in [1.54, 1.807) is 6.07 Å². The van der Waals surface area contributed by atoms with Gasteiger partial charge >= 0.3 is 0 Å². The smallest absolute Gasteiger partial charge is 0.272 e. The second-order valence-corrected chi connectivity index (χ2v) is 5.73. The van der Waals surface area contributed by atoms with E-state index >= 15 is 0 Å². The maximum Gasteiger partial charge on any atom is 0.272 e. The first-order chi connectivity index (χ1) is 9.63. The van der Waals surface area contributed by atoms with Crippen LogP contribution in [0, 0.1) is 23.0 Å². The molecule has 0 amide bonds. The Labute approximate surface area is 120 Å². The van der Waals surface area contributed by atoms with Gasteiger partial charge in [-0.2, -0.15) is 0 Å². The van der Waals surface area contributed by atoms with Gasteiger partial charge in [-0.25, -0.2) is 0 Å². The fraction of sp³-hybridized carbons (Fsp3) is 0.625. The summed E-state index contributed by atoms with van der Waals surface area (Å²) < 4.78 is 0. The molecular formula is C16H24N2O2. The highest BCUT2D eigenvalue weighted by Crippen LogP contribution is 2.30. The van der Waals surface area contributed by atoms with Gasteiger partial charge in [0.2, 0.25) is 0 Å². The van der Waals surface area contributed by atoms with Crippen molar-refractivity contribution < 1.29 is 4.92 Å². The van der Waals surface area contributed by atoms with Crippen molar-refractivity contribution in [2.75, 3.05) is 6.54 Å². The molecule has 1 fully saturated rings. The highest BCUT2D eigenvalue weighted by atomic mass is 16.6. The van der Waals surface area contributed by atoms with Gasteiger partial charge in [0.25, 0.3) is 5.69 Å². The average molecular weight is 276 g/mol. The lowest BCUT2D eigenvalue weighted by Crippen LogP contribution is -2.39. The summed E-state index contributed by atoms with van der Waals surface area (Å²) in [6.45, 7) is 5.01. The number of rotatable bonds is 5. The Bertz CT molecular complexity index is 472. The molecule has 0 heterocycles. The molecule has 0 spiro atoms. The quantitative estimate of drug-likeness (QED) is 0.660. The summed E-state index contributed by atoms with van der Waals surface area (Å²) in [5, 5.41) is 14.6. The van der Waals surface area contributed by atoms with Crippen LogP contribution in [0.5, 0.6) is 0 Å². The van der Waals surface area contributed by atoms with Crippen LogP contribution in [0.25, 0.3) is 0 Å². The summed E-state index contributed by atoms with van der Waals surface area (Å²) in [5.41, 5.74) is 2.21. The molecule has 2 atom stereocenters. The van der Waals surface area contributed by atoms with E-state index in [0.29, 0.717) is 12.0 Å². The molecule has 1 aliphatic rings. The lowest BCUT2D eigenvalue weighted by atomic mass is 9.80. The van der Waals surface area contributed by atoms with Gasteiger partial charge in [0.1, 0.15) is 0 Å². The zero-order valence-electron chi connectivity index (χ0n) is 12.4. The monoisotopic (exact) mass is 276 g/mol. The second kappa shape index (κ2) is 6.84. The van der Waals surface area contributed by atoms with Gasteiger partial charge in [-0.3, -0.25) is 10.1 Å². The van der Waals surface area contributed by atoms with E-state index in [4.69, 9.17) is 0 Å². The van der Waals surface area contributed by atoms with Gasteiger partial charge in [0.05, 0.1) is 4.92 Å². The highest BCUT2D eigenvalue weighted by Gasteiger charge is 2.25. The van der Waals surface area contributed by atoms with Crippen molar-refractivity contribution in [2.24, 2.45) is 5.92 Å². The third-order valence-corrected chi connectivity index (χ3v) is 4.47. The molecule has 1 aromatic rings. The number of nitrogens with one attached hydrogen (secondary N) is 1. The molecule has 20 heavy (non-hydrogen) atoms. The molecule has 0 saturated heterocycles. The van der Waals surface area contributed by atoms with E-state index in [1.807, 2.05) is 19.1 Å². The highest BCUT2D eigenvalue weighted by molar-refractivity contribution is 5.44. The van der Waals surface area contributed by atoms with Crippen LogP contribution < -0.4 is 5.32 Å². The number of nitro benzene ring substituents is 1. The largest absolute Gasteiger partial charge is 0.314 e. The molecular weight excluding hydrogens is 252 g/mol. The predicted molar refractivity (Wildman–Crippen MR) is 81.0 cm³/mol. The molecule has 0 radical (unpaired) electrons. The second-order valence-electron chi connectivity index (χ2n) is 5.73. The minimum Gasteiger partial charge on any atom is -0.314 e. The fourth-order valence-corrected chi connectivity index (χ4v) is 3.35. The molecule has 2 rings (SSSR count). The summed E-state index contributed by atoms with van der Waals surface area (Å²) in [6.07, 6.45) is 5.97. The topological polar surface area (TPSA) is 55.2 Å². The third kappa shape index (κ3) is 3.37. The number of nitrogens with zero attached hydrogens (tertiary/aromatic N) is 1. The first kappa shape index (κ1) is 15.0. The summed E-state index contributed by atoms with van der Waals surface area (Å²) in [5.74, 6) is 0.601. The van der Waals surface area contributed by atoms with Crippen LogP contribution in [0.15, 0.2) is 18.2 Å². The van der Waals surface area contributed by atoms with Gasteiger partial charge in [-0.15, -0.1) is 0 Å². The van der Waals surface area contributed by atoms with E-state index in [-0.39, 0.29) is 10.6 Å². The molecule has 1 aliphatic carbocycles. The number of benzene rings is 1. The summed E-state index contributed by atoms with van der Waals surface area (Å²) in [7, 11) is 0. The van der Waals surface area contributed by atoms with Crippen molar-refractivity contribution in [1.29, 1.82) is 0 Å². The molecule has 4 nitrogen and oxygen atoms in total. The SMILES string of the molecule is CCNC1CCCCC1Cc1cccc([N+](=O)[O-])c1C. The first-order valence-corrected chi connectivity index (χ1v) is 7.59. The maximum absolute atomic E-state index is 11.0. The van der Waals surface area contributed by atoms with Crippen molar-refractivity contribution in [3.8, 4) is 0 Å². The van der Waals surface area contributed by atoms with E-state index in [0.717, 1.165) is 24.1 Å². The predicted octanol–water partition coefficient (Wildman–Crippen LogP) is 3.61. The molecule has 1 saturated carbocycles. The van der Waals surface area contributed by atoms with Crippen molar-refractivity contribution in [1.82, 2.24) is 5.32 Å². The molecule has 2 unspecified atom stereocenters. The summed E-state index contributed by atoms with van der Waals surface area (Å²) >= 11 is 0. The van der Waals surface area contributed by atoms with E-state index in [9.17, 15) is 10.1 Å². The number of nitro groups is 1. The number of hydrogen-bond donors (Lipinski definition) is 1. The Kier molecular flexibility index (Phi) is 5.12. The molecule has 1 N–H and O–H groups in total. The lowest BCUT2D eigenvalue weighted by molar-refractivity contribution is -0.385. The van der Waals surface area contributed by atoms with Crippen molar-refractivity contribution >= 4 is 5.69 Å².